The smallest absolute Gasteiger partial charge is 0.325 e. The van der Waals surface area contributed by atoms with Gasteiger partial charge in [0, 0.05) is 13.1 Å². The fraction of sp³-hybridized carbons (Fsp3) is 0.381. The largest absolute Gasteiger partial charge is 0.341 e. The number of urea groups is 1. The number of benzene rings is 2. The highest BCUT2D eigenvalue weighted by Crippen LogP contribution is 2.31. The molecule has 2 aromatic carbocycles. The van der Waals surface area contributed by atoms with Gasteiger partial charge in [-0.3, -0.25) is 14.5 Å². The molecule has 2 fully saturated rings. The molecule has 2 aliphatic heterocycles. The van der Waals surface area contributed by atoms with E-state index in [1.165, 1.54) is 0 Å². The molecule has 6 heteroatoms. The van der Waals surface area contributed by atoms with E-state index in [1.807, 2.05) is 42.5 Å². The second-order valence-electron chi connectivity index (χ2n) is 7.45. The van der Waals surface area contributed by atoms with Crippen LogP contribution in [0.5, 0.6) is 0 Å². The molecule has 0 radical (unpaired) electrons. The van der Waals surface area contributed by atoms with E-state index in [9.17, 15) is 14.4 Å². The molecule has 1 atom stereocenters. The van der Waals surface area contributed by atoms with E-state index in [-0.39, 0.29) is 18.4 Å². The Morgan fingerprint density at radius 3 is 2.48 bits per heavy atom. The summed E-state index contributed by atoms with van der Waals surface area (Å²) in [6.45, 7) is 2.89. The molecular weight excluding hydrogens is 342 g/mol. The predicted octanol–water partition coefficient (Wildman–Crippen LogP) is 2.62. The molecule has 6 nitrogen and oxygen atoms in total. The molecule has 0 aliphatic carbocycles. The first-order chi connectivity index (χ1) is 13.0. The lowest BCUT2D eigenvalue weighted by Gasteiger charge is -2.28. The van der Waals surface area contributed by atoms with Crippen molar-refractivity contribution in [2.75, 3.05) is 19.6 Å². The topological polar surface area (TPSA) is 69.7 Å². The van der Waals surface area contributed by atoms with Crippen LogP contribution in [0.2, 0.25) is 0 Å². The quantitative estimate of drug-likeness (QED) is 0.850. The number of likely N-dealkylation sites (tertiary alicyclic amines) is 1. The third kappa shape index (κ3) is 3.05. The Bertz CT molecular complexity index is 920. The molecule has 0 spiro atoms. The first kappa shape index (κ1) is 17.5. The van der Waals surface area contributed by atoms with Gasteiger partial charge in [-0.05, 0) is 48.6 Å². The third-order valence-electron chi connectivity index (χ3n) is 5.60. The van der Waals surface area contributed by atoms with Crippen molar-refractivity contribution in [3.05, 3.63) is 48.0 Å². The summed E-state index contributed by atoms with van der Waals surface area (Å²) in [5, 5.41) is 4.86. The molecule has 2 aromatic rings. The third-order valence-corrected chi connectivity index (χ3v) is 5.60. The Hall–Kier alpha value is -2.89. The number of hydrogen-bond donors (Lipinski definition) is 1. The summed E-state index contributed by atoms with van der Waals surface area (Å²) in [6, 6.07) is 13.1. The molecule has 4 amide bonds. The SMILES string of the molecule is CC1(c2ccc3ccccc3c2)NC(=O)N(CC(=O)N2CCCCC2)C1=O. The minimum absolute atomic E-state index is 0.166. The van der Waals surface area contributed by atoms with Gasteiger partial charge in [0.1, 0.15) is 12.1 Å². The number of nitrogens with one attached hydrogen (secondary N) is 1. The second kappa shape index (κ2) is 6.68. The average molecular weight is 365 g/mol. The van der Waals surface area contributed by atoms with E-state index in [2.05, 4.69) is 5.32 Å². The van der Waals surface area contributed by atoms with Crippen molar-refractivity contribution >= 4 is 28.6 Å². The normalized spacial score (nSPS) is 23.0. The van der Waals surface area contributed by atoms with Gasteiger partial charge < -0.3 is 10.2 Å². The number of piperidine rings is 1. The summed E-state index contributed by atoms with van der Waals surface area (Å²) < 4.78 is 0. The van der Waals surface area contributed by atoms with Crippen molar-refractivity contribution in [3.63, 3.8) is 0 Å². The van der Waals surface area contributed by atoms with Gasteiger partial charge >= 0.3 is 6.03 Å². The number of rotatable bonds is 3. The van der Waals surface area contributed by atoms with Crippen LogP contribution in [-0.2, 0) is 15.1 Å². The van der Waals surface area contributed by atoms with Crippen molar-refractivity contribution in [3.8, 4) is 0 Å². The van der Waals surface area contributed by atoms with Crippen molar-refractivity contribution < 1.29 is 14.4 Å². The molecule has 0 aromatic heterocycles. The highest BCUT2D eigenvalue weighted by molar-refractivity contribution is 6.09. The number of fused-ring (bicyclic) bond motifs is 1. The van der Waals surface area contributed by atoms with Crippen LogP contribution in [-0.4, -0.2) is 47.3 Å². The monoisotopic (exact) mass is 365 g/mol. The molecule has 4 rings (SSSR count). The summed E-state index contributed by atoms with van der Waals surface area (Å²) in [5.41, 5.74) is -0.448. The number of amides is 4. The van der Waals surface area contributed by atoms with Gasteiger partial charge in [-0.2, -0.15) is 0 Å². The molecule has 2 aliphatic rings. The maximum absolute atomic E-state index is 13.1. The van der Waals surface area contributed by atoms with Crippen LogP contribution in [0.1, 0.15) is 31.7 Å². The first-order valence-electron chi connectivity index (χ1n) is 9.40. The van der Waals surface area contributed by atoms with Crippen molar-refractivity contribution in [1.29, 1.82) is 0 Å². The number of carbonyl (C=O) groups excluding carboxylic acids is 3. The minimum atomic E-state index is -1.16. The molecule has 1 N–H and O–H groups in total. The van der Waals surface area contributed by atoms with Gasteiger partial charge in [0.05, 0.1) is 0 Å². The zero-order chi connectivity index (χ0) is 19.0. The summed E-state index contributed by atoms with van der Waals surface area (Å²) in [6.07, 6.45) is 3.06. The van der Waals surface area contributed by atoms with Crippen molar-refractivity contribution in [2.45, 2.75) is 31.7 Å². The number of nitrogens with zero attached hydrogens (tertiary/aromatic N) is 2. The van der Waals surface area contributed by atoms with E-state index in [0.717, 1.165) is 34.9 Å². The lowest BCUT2D eigenvalue weighted by molar-refractivity contribution is -0.139. The van der Waals surface area contributed by atoms with Gasteiger partial charge in [-0.15, -0.1) is 0 Å². The first-order valence-corrected chi connectivity index (χ1v) is 9.40. The number of carbonyl (C=O) groups is 3. The van der Waals surface area contributed by atoms with Crippen molar-refractivity contribution in [1.82, 2.24) is 15.1 Å². The van der Waals surface area contributed by atoms with Gasteiger partial charge in [-0.25, -0.2) is 4.79 Å². The van der Waals surface area contributed by atoms with Crippen LogP contribution in [0.15, 0.2) is 42.5 Å². The fourth-order valence-electron chi connectivity index (χ4n) is 3.92. The standard InChI is InChI=1S/C21H23N3O3/c1-21(17-10-9-15-7-3-4-8-16(15)13-17)19(26)24(20(27)22-21)14-18(25)23-11-5-2-6-12-23/h3-4,7-10,13H,2,5-6,11-12,14H2,1H3,(H,22,27). The fourth-order valence-corrected chi connectivity index (χ4v) is 3.92. The Kier molecular flexibility index (Phi) is 4.34. The molecule has 0 saturated carbocycles. The van der Waals surface area contributed by atoms with Crippen LogP contribution in [0.4, 0.5) is 4.79 Å². The number of imide groups is 1. The van der Waals surface area contributed by atoms with Crippen LogP contribution in [0.25, 0.3) is 10.8 Å². The summed E-state index contributed by atoms with van der Waals surface area (Å²) in [7, 11) is 0. The van der Waals surface area contributed by atoms with E-state index < -0.39 is 11.6 Å². The molecule has 2 heterocycles. The van der Waals surface area contributed by atoms with Crippen LogP contribution in [0, 0.1) is 0 Å². The van der Waals surface area contributed by atoms with Crippen LogP contribution in [0.3, 0.4) is 0 Å². The van der Waals surface area contributed by atoms with Gasteiger partial charge in [0.25, 0.3) is 5.91 Å². The van der Waals surface area contributed by atoms with Gasteiger partial charge in [0.15, 0.2) is 0 Å². The summed E-state index contributed by atoms with van der Waals surface area (Å²) in [4.78, 5) is 40.9. The second-order valence-corrected chi connectivity index (χ2v) is 7.45. The molecule has 2 saturated heterocycles. The van der Waals surface area contributed by atoms with E-state index in [4.69, 9.17) is 0 Å². The molecule has 140 valence electrons. The summed E-state index contributed by atoms with van der Waals surface area (Å²) >= 11 is 0. The highest BCUT2D eigenvalue weighted by Gasteiger charge is 2.49. The lowest BCUT2D eigenvalue weighted by Crippen LogP contribution is -2.45. The van der Waals surface area contributed by atoms with E-state index >= 15 is 0 Å². The number of hydrogen-bond acceptors (Lipinski definition) is 3. The van der Waals surface area contributed by atoms with Gasteiger partial charge in [0.2, 0.25) is 5.91 Å². The Morgan fingerprint density at radius 2 is 1.74 bits per heavy atom. The molecule has 27 heavy (non-hydrogen) atoms. The van der Waals surface area contributed by atoms with Crippen LogP contribution >= 0.6 is 0 Å². The molecule has 0 bridgehead atoms. The molecule has 1 unspecified atom stereocenters. The summed E-state index contributed by atoms with van der Waals surface area (Å²) in [5.74, 6) is -0.547. The maximum atomic E-state index is 13.1. The van der Waals surface area contributed by atoms with E-state index in [0.29, 0.717) is 18.7 Å². The zero-order valence-corrected chi connectivity index (χ0v) is 15.4. The molecular formula is C21H23N3O3. The maximum Gasteiger partial charge on any atom is 0.325 e. The average Bonchev–Trinajstić information content (AvgIpc) is 2.92. The predicted molar refractivity (Wildman–Crippen MR) is 102 cm³/mol. The van der Waals surface area contributed by atoms with Crippen LogP contribution < -0.4 is 5.32 Å². The van der Waals surface area contributed by atoms with E-state index in [1.54, 1.807) is 11.8 Å². The lowest BCUT2D eigenvalue weighted by atomic mass is 9.90. The Labute approximate surface area is 158 Å². The minimum Gasteiger partial charge on any atom is -0.341 e. The zero-order valence-electron chi connectivity index (χ0n) is 15.4. The van der Waals surface area contributed by atoms with Crippen molar-refractivity contribution in [2.24, 2.45) is 0 Å². The Balaban J connectivity index is 1.57. The Morgan fingerprint density at radius 1 is 1.04 bits per heavy atom. The highest BCUT2D eigenvalue weighted by atomic mass is 16.2. The van der Waals surface area contributed by atoms with Gasteiger partial charge in [-0.1, -0.05) is 36.4 Å².